The second-order valence-corrected chi connectivity index (χ2v) is 3.82. The van der Waals surface area contributed by atoms with E-state index in [4.69, 9.17) is 5.90 Å². The molecule has 0 radical (unpaired) electrons. The van der Waals surface area contributed by atoms with E-state index in [0.29, 0.717) is 11.3 Å². The Balaban J connectivity index is 2.55. The Kier molecular flexibility index (Phi) is 2.26. The highest BCUT2D eigenvalue weighted by molar-refractivity contribution is 7.19. The van der Waals surface area contributed by atoms with Gasteiger partial charge in [0.2, 0.25) is 0 Å². The van der Waals surface area contributed by atoms with E-state index in [2.05, 4.69) is 4.84 Å². The molecule has 4 heteroatoms. The highest BCUT2D eigenvalue weighted by atomic mass is 32.1. The van der Waals surface area contributed by atoms with Gasteiger partial charge in [-0.1, -0.05) is 12.1 Å². The van der Waals surface area contributed by atoms with Crippen LogP contribution in [0.25, 0.3) is 10.1 Å². The fourth-order valence-electron chi connectivity index (χ4n) is 1.23. The Morgan fingerprint density at radius 1 is 1.46 bits per heavy atom. The molecular formula is C9H8FNOS. The Morgan fingerprint density at radius 2 is 2.31 bits per heavy atom. The minimum absolute atomic E-state index is 0.189. The molecule has 2 aromatic rings. The molecule has 2 rings (SSSR count). The van der Waals surface area contributed by atoms with Gasteiger partial charge in [-0.25, -0.2) is 10.3 Å². The number of thiophene rings is 1. The normalized spacial score (nSPS) is 10.9. The molecule has 68 valence electrons. The summed E-state index contributed by atoms with van der Waals surface area (Å²) in [6.07, 6.45) is 0. The van der Waals surface area contributed by atoms with E-state index in [1.165, 1.54) is 17.4 Å². The second-order valence-electron chi connectivity index (χ2n) is 2.68. The average Bonchev–Trinajstić information content (AvgIpc) is 2.49. The van der Waals surface area contributed by atoms with Crippen LogP contribution in [0.4, 0.5) is 4.39 Å². The topological polar surface area (TPSA) is 35.2 Å². The molecule has 0 bridgehead atoms. The summed E-state index contributed by atoms with van der Waals surface area (Å²) in [6.45, 7) is 0.332. The van der Waals surface area contributed by atoms with Gasteiger partial charge in [0.15, 0.2) is 0 Å². The zero-order chi connectivity index (χ0) is 9.26. The summed E-state index contributed by atoms with van der Waals surface area (Å²) in [5.74, 6) is 4.74. The number of benzene rings is 1. The van der Waals surface area contributed by atoms with Crippen molar-refractivity contribution < 1.29 is 9.23 Å². The van der Waals surface area contributed by atoms with Crippen molar-refractivity contribution in [3.05, 3.63) is 35.0 Å². The number of fused-ring (bicyclic) bond motifs is 1. The van der Waals surface area contributed by atoms with E-state index < -0.39 is 0 Å². The lowest BCUT2D eigenvalue weighted by Crippen LogP contribution is -1.96. The highest BCUT2D eigenvalue weighted by Gasteiger charge is 2.05. The van der Waals surface area contributed by atoms with Crippen LogP contribution < -0.4 is 5.90 Å². The summed E-state index contributed by atoms with van der Waals surface area (Å²) < 4.78 is 13.8. The molecule has 1 aromatic carbocycles. The third kappa shape index (κ3) is 1.56. The molecule has 0 aliphatic carbocycles. The molecule has 0 saturated carbocycles. The first-order chi connectivity index (χ1) is 6.31. The predicted octanol–water partition coefficient (Wildman–Crippen LogP) is 2.43. The third-order valence-corrected chi connectivity index (χ3v) is 2.91. The largest absolute Gasteiger partial charge is 0.299 e. The molecule has 1 aromatic heterocycles. The summed E-state index contributed by atoms with van der Waals surface area (Å²) >= 11 is 1.37. The number of hydrogen-bond acceptors (Lipinski definition) is 3. The van der Waals surface area contributed by atoms with Crippen molar-refractivity contribution >= 4 is 21.4 Å². The summed E-state index contributed by atoms with van der Waals surface area (Å²) in [7, 11) is 0. The smallest absolute Gasteiger partial charge is 0.140 e. The maximum Gasteiger partial charge on any atom is 0.140 e. The number of halogens is 1. The van der Waals surface area contributed by atoms with Gasteiger partial charge < -0.3 is 0 Å². The van der Waals surface area contributed by atoms with E-state index in [-0.39, 0.29) is 5.82 Å². The van der Waals surface area contributed by atoms with Crippen molar-refractivity contribution in [1.82, 2.24) is 0 Å². The van der Waals surface area contributed by atoms with Crippen LogP contribution in [0.2, 0.25) is 0 Å². The lowest BCUT2D eigenvalue weighted by molar-refractivity contribution is 0.126. The van der Waals surface area contributed by atoms with Crippen molar-refractivity contribution in [1.29, 1.82) is 0 Å². The molecule has 0 fully saturated rings. The van der Waals surface area contributed by atoms with Gasteiger partial charge >= 0.3 is 0 Å². The van der Waals surface area contributed by atoms with Gasteiger partial charge in [0.1, 0.15) is 12.4 Å². The van der Waals surface area contributed by atoms with Crippen LogP contribution in [0.1, 0.15) is 4.88 Å². The number of rotatable bonds is 2. The first-order valence-electron chi connectivity index (χ1n) is 3.80. The number of nitrogens with two attached hydrogens (primary N) is 1. The van der Waals surface area contributed by atoms with Crippen molar-refractivity contribution in [2.24, 2.45) is 5.90 Å². The Bertz CT molecular complexity index is 426. The summed E-state index contributed by atoms with van der Waals surface area (Å²) in [5, 5.41) is 0.900. The van der Waals surface area contributed by atoms with E-state index in [0.717, 1.165) is 10.3 Å². The van der Waals surface area contributed by atoms with Gasteiger partial charge in [-0.3, -0.25) is 4.84 Å². The van der Waals surface area contributed by atoms with Crippen LogP contribution in [-0.4, -0.2) is 0 Å². The van der Waals surface area contributed by atoms with Gasteiger partial charge in [-0.15, -0.1) is 11.3 Å². The third-order valence-electron chi connectivity index (χ3n) is 1.77. The fourth-order valence-corrected chi connectivity index (χ4v) is 2.22. The fraction of sp³-hybridized carbons (Fsp3) is 0.111. The molecule has 0 aliphatic rings. The van der Waals surface area contributed by atoms with Crippen molar-refractivity contribution in [2.75, 3.05) is 0 Å². The van der Waals surface area contributed by atoms with Gasteiger partial charge in [-0.2, -0.15) is 0 Å². The van der Waals surface area contributed by atoms with E-state index in [1.54, 1.807) is 6.07 Å². The zero-order valence-electron chi connectivity index (χ0n) is 6.79. The molecule has 2 N–H and O–H groups in total. The van der Waals surface area contributed by atoms with Crippen LogP contribution in [0.5, 0.6) is 0 Å². The Morgan fingerprint density at radius 3 is 3.00 bits per heavy atom. The van der Waals surface area contributed by atoms with Crippen LogP contribution in [0.3, 0.4) is 0 Å². The minimum atomic E-state index is -0.189. The number of hydrogen-bond donors (Lipinski definition) is 1. The first-order valence-corrected chi connectivity index (χ1v) is 4.61. The lowest BCUT2D eigenvalue weighted by Gasteiger charge is -1.89. The molecule has 0 aliphatic heterocycles. The molecule has 2 nitrogen and oxygen atoms in total. The molecule has 0 spiro atoms. The van der Waals surface area contributed by atoms with Gasteiger partial charge in [0.05, 0.1) is 4.70 Å². The lowest BCUT2D eigenvalue weighted by atomic mass is 10.2. The molecule has 0 atom stereocenters. The molecule has 0 unspecified atom stereocenters. The molecule has 1 heterocycles. The Labute approximate surface area is 78.7 Å². The SMILES string of the molecule is NOCc1cc2cccc(F)c2s1. The van der Waals surface area contributed by atoms with E-state index in [1.807, 2.05) is 12.1 Å². The van der Waals surface area contributed by atoms with E-state index >= 15 is 0 Å². The van der Waals surface area contributed by atoms with Gasteiger partial charge in [0, 0.05) is 4.88 Å². The first kappa shape index (κ1) is 8.62. The summed E-state index contributed by atoms with van der Waals surface area (Å²) in [4.78, 5) is 5.42. The van der Waals surface area contributed by atoms with Crippen molar-refractivity contribution in [3.8, 4) is 0 Å². The van der Waals surface area contributed by atoms with Crippen molar-refractivity contribution in [2.45, 2.75) is 6.61 Å². The van der Waals surface area contributed by atoms with Crippen LogP contribution >= 0.6 is 11.3 Å². The zero-order valence-corrected chi connectivity index (χ0v) is 7.60. The quantitative estimate of drug-likeness (QED) is 0.750. The molecule has 0 saturated heterocycles. The standard InChI is InChI=1S/C9H8FNOS/c10-8-3-1-2-6-4-7(5-12-11)13-9(6)8/h1-4H,5,11H2. The van der Waals surface area contributed by atoms with Crippen LogP contribution in [-0.2, 0) is 11.4 Å². The summed E-state index contributed by atoms with van der Waals surface area (Å²) in [5.41, 5.74) is 0. The molecular weight excluding hydrogens is 189 g/mol. The maximum atomic E-state index is 13.2. The van der Waals surface area contributed by atoms with Crippen LogP contribution in [0.15, 0.2) is 24.3 Å². The Hall–Kier alpha value is -0.970. The average molecular weight is 197 g/mol. The highest BCUT2D eigenvalue weighted by Crippen LogP contribution is 2.27. The predicted molar refractivity (Wildman–Crippen MR) is 50.8 cm³/mol. The second kappa shape index (κ2) is 3.41. The van der Waals surface area contributed by atoms with Crippen LogP contribution in [0, 0.1) is 5.82 Å². The van der Waals surface area contributed by atoms with E-state index in [9.17, 15) is 4.39 Å². The molecule has 0 amide bonds. The summed E-state index contributed by atoms with van der Waals surface area (Å²) in [6, 6.07) is 6.90. The van der Waals surface area contributed by atoms with Gasteiger partial charge in [-0.05, 0) is 17.5 Å². The monoisotopic (exact) mass is 197 g/mol. The maximum absolute atomic E-state index is 13.2. The molecule has 13 heavy (non-hydrogen) atoms. The minimum Gasteiger partial charge on any atom is -0.299 e. The van der Waals surface area contributed by atoms with Crippen molar-refractivity contribution in [3.63, 3.8) is 0 Å². The van der Waals surface area contributed by atoms with Gasteiger partial charge in [0.25, 0.3) is 0 Å².